The Balaban J connectivity index is 2.06. The lowest BCUT2D eigenvalue weighted by Gasteiger charge is -2.07. The molecule has 0 saturated carbocycles. The van der Waals surface area contributed by atoms with Gasteiger partial charge in [0.25, 0.3) is 0 Å². The van der Waals surface area contributed by atoms with Crippen LogP contribution in [-0.2, 0) is 9.47 Å². The van der Waals surface area contributed by atoms with Gasteiger partial charge in [-0.1, -0.05) is 12.1 Å². The smallest absolute Gasteiger partial charge is 0.157 e. The summed E-state index contributed by atoms with van der Waals surface area (Å²) in [6, 6.07) is 6.58. The Morgan fingerprint density at radius 1 is 1.36 bits per heavy atom. The van der Waals surface area contributed by atoms with Gasteiger partial charge >= 0.3 is 0 Å². The highest BCUT2D eigenvalue weighted by atomic mass is 19.1. The average Bonchev–Trinajstić information content (AvgIpc) is 2.67. The molecule has 1 aliphatic heterocycles. The summed E-state index contributed by atoms with van der Waals surface area (Å²) in [7, 11) is 1.64. The molecule has 0 radical (unpaired) electrons. The molecule has 1 heterocycles. The van der Waals surface area contributed by atoms with Crippen LogP contribution in [0, 0.1) is 5.82 Å². The Kier molecular flexibility index (Phi) is 2.79. The molecule has 0 aromatic heterocycles. The van der Waals surface area contributed by atoms with Crippen molar-refractivity contribution < 1.29 is 13.9 Å². The summed E-state index contributed by atoms with van der Waals surface area (Å²) in [6.07, 6.45) is 0.743. The molecule has 0 amide bonds. The number of ether oxygens (including phenoxy) is 2. The van der Waals surface area contributed by atoms with Crippen LogP contribution in [0.15, 0.2) is 24.3 Å². The Hall–Kier alpha value is -0.930. The minimum Gasteiger partial charge on any atom is -0.356 e. The number of benzene rings is 1. The molecule has 0 bridgehead atoms. The van der Waals surface area contributed by atoms with E-state index in [1.54, 1.807) is 19.2 Å². The molecule has 76 valence electrons. The molecule has 2 nitrogen and oxygen atoms in total. The van der Waals surface area contributed by atoms with E-state index in [9.17, 15) is 4.39 Å². The summed E-state index contributed by atoms with van der Waals surface area (Å²) in [5, 5.41) is 0. The Morgan fingerprint density at radius 3 is 2.64 bits per heavy atom. The van der Waals surface area contributed by atoms with Crippen LogP contribution in [0.4, 0.5) is 4.39 Å². The van der Waals surface area contributed by atoms with Gasteiger partial charge in [0.2, 0.25) is 0 Å². The third kappa shape index (κ3) is 1.94. The van der Waals surface area contributed by atoms with Gasteiger partial charge in [0.15, 0.2) is 6.29 Å². The van der Waals surface area contributed by atoms with Crippen molar-refractivity contribution in [1.29, 1.82) is 0 Å². The van der Waals surface area contributed by atoms with Gasteiger partial charge in [-0.2, -0.15) is 0 Å². The Labute approximate surface area is 82.6 Å². The third-order valence-corrected chi connectivity index (χ3v) is 2.56. The second-order valence-corrected chi connectivity index (χ2v) is 3.48. The second-order valence-electron chi connectivity index (χ2n) is 3.48. The van der Waals surface area contributed by atoms with E-state index in [2.05, 4.69) is 0 Å². The van der Waals surface area contributed by atoms with Gasteiger partial charge in [0.1, 0.15) is 5.82 Å². The minimum atomic E-state index is -0.198. The molecule has 1 aromatic rings. The second kappa shape index (κ2) is 4.07. The topological polar surface area (TPSA) is 18.5 Å². The predicted molar refractivity (Wildman–Crippen MR) is 50.5 cm³/mol. The molecule has 1 aliphatic rings. The molecular formula is C11H13FO2. The first-order valence-electron chi connectivity index (χ1n) is 4.69. The highest BCUT2D eigenvalue weighted by molar-refractivity contribution is 5.21. The van der Waals surface area contributed by atoms with Crippen LogP contribution in [0.25, 0.3) is 0 Å². The summed E-state index contributed by atoms with van der Waals surface area (Å²) < 4.78 is 23.1. The van der Waals surface area contributed by atoms with Gasteiger partial charge in [-0.15, -0.1) is 0 Å². The molecule has 2 rings (SSSR count). The summed E-state index contributed by atoms with van der Waals surface area (Å²) >= 11 is 0. The molecule has 0 spiro atoms. The molecule has 3 heteroatoms. The van der Waals surface area contributed by atoms with Crippen molar-refractivity contribution in [2.45, 2.75) is 18.6 Å². The first kappa shape index (κ1) is 9.62. The fourth-order valence-corrected chi connectivity index (χ4v) is 1.72. The summed E-state index contributed by atoms with van der Waals surface area (Å²) in [5.41, 5.74) is 1.12. The molecule has 1 fully saturated rings. The molecule has 0 N–H and O–H groups in total. The Bertz CT molecular complexity index is 297. The zero-order valence-corrected chi connectivity index (χ0v) is 8.07. The van der Waals surface area contributed by atoms with Crippen molar-refractivity contribution in [3.05, 3.63) is 35.6 Å². The summed E-state index contributed by atoms with van der Waals surface area (Å²) in [5.74, 6) is 0.136. The van der Waals surface area contributed by atoms with E-state index in [4.69, 9.17) is 9.47 Å². The predicted octanol–water partition coefficient (Wildman–Crippen LogP) is 2.30. The number of methoxy groups -OCH3 is 1. The van der Waals surface area contributed by atoms with Crippen LogP contribution in [0.1, 0.15) is 17.9 Å². The van der Waals surface area contributed by atoms with E-state index in [-0.39, 0.29) is 12.1 Å². The van der Waals surface area contributed by atoms with Crippen molar-refractivity contribution in [3.63, 3.8) is 0 Å². The number of halogens is 1. The highest BCUT2D eigenvalue weighted by Crippen LogP contribution is 2.29. The SMILES string of the molecule is CO[C@H]1C[C@H](c2ccc(F)cc2)CO1. The van der Waals surface area contributed by atoms with E-state index in [0.29, 0.717) is 12.5 Å². The van der Waals surface area contributed by atoms with Crippen LogP contribution in [0.3, 0.4) is 0 Å². The molecule has 14 heavy (non-hydrogen) atoms. The van der Waals surface area contributed by atoms with E-state index in [0.717, 1.165) is 12.0 Å². The van der Waals surface area contributed by atoms with Crippen LogP contribution in [0.2, 0.25) is 0 Å². The largest absolute Gasteiger partial charge is 0.356 e. The van der Waals surface area contributed by atoms with Gasteiger partial charge in [-0.3, -0.25) is 0 Å². The van der Waals surface area contributed by atoms with Gasteiger partial charge in [0.05, 0.1) is 6.61 Å². The monoisotopic (exact) mass is 196 g/mol. The van der Waals surface area contributed by atoms with Crippen LogP contribution >= 0.6 is 0 Å². The van der Waals surface area contributed by atoms with E-state index >= 15 is 0 Å². The first-order chi connectivity index (χ1) is 6.79. The quantitative estimate of drug-likeness (QED) is 0.722. The zero-order valence-electron chi connectivity index (χ0n) is 8.07. The van der Waals surface area contributed by atoms with Crippen molar-refractivity contribution in [3.8, 4) is 0 Å². The van der Waals surface area contributed by atoms with Gasteiger partial charge < -0.3 is 9.47 Å². The molecular weight excluding hydrogens is 183 g/mol. The minimum absolute atomic E-state index is 0.106. The molecule has 1 saturated heterocycles. The number of rotatable bonds is 2. The van der Waals surface area contributed by atoms with Crippen LogP contribution < -0.4 is 0 Å². The molecule has 0 unspecified atom stereocenters. The maximum Gasteiger partial charge on any atom is 0.157 e. The lowest BCUT2D eigenvalue weighted by molar-refractivity contribution is -0.0880. The maximum atomic E-state index is 12.7. The fourth-order valence-electron chi connectivity index (χ4n) is 1.72. The molecule has 0 aliphatic carbocycles. The normalized spacial score (nSPS) is 26.7. The van der Waals surface area contributed by atoms with Crippen molar-refractivity contribution in [1.82, 2.24) is 0 Å². The van der Waals surface area contributed by atoms with Gasteiger partial charge in [0, 0.05) is 19.4 Å². The molecule has 2 atom stereocenters. The average molecular weight is 196 g/mol. The summed E-state index contributed by atoms with van der Waals surface area (Å²) in [6.45, 7) is 0.657. The number of hydrogen-bond acceptors (Lipinski definition) is 2. The van der Waals surface area contributed by atoms with Crippen LogP contribution in [0.5, 0.6) is 0 Å². The molecule has 1 aromatic carbocycles. The first-order valence-corrected chi connectivity index (χ1v) is 4.69. The van der Waals surface area contributed by atoms with E-state index in [1.807, 2.05) is 0 Å². The standard InChI is InChI=1S/C11H13FO2/c1-13-11-6-9(7-14-11)8-2-4-10(12)5-3-8/h2-5,9,11H,6-7H2,1H3/t9-,11+/m0/s1. The third-order valence-electron chi connectivity index (χ3n) is 2.56. The lowest BCUT2D eigenvalue weighted by atomic mass is 9.98. The Morgan fingerprint density at radius 2 is 2.07 bits per heavy atom. The summed E-state index contributed by atoms with van der Waals surface area (Å²) in [4.78, 5) is 0. The van der Waals surface area contributed by atoms with E-state index in [1.165, 1.54) is 12.1 Å². The van der Waals surface area contributed by atoms with Crippen molar-refractivity contribution in [2.75, 3.05) is 13.7 Å². The van der Waals surface area contributed by atoms with Gasteiger partial charge in [-0.05, 0) is 17.7 Å². The number of hydrogen-bond donors (Lipinski definition) is 0. The van der Waals surface area contributed by atoms with Gasteiger partial charge in [-0.25, -0.2) is 4.39 Å². The van der Waals surface area contributed by atoms with Crippen molar-refractivity contribution >= 4 is 0 Å². The van der Waals surface area contributed by atoms with Crippen LogP contribution in [-0.4, -0.2) is 20.0 Å². The fraction of sp³-hybridized carbons (Fsp3) is 0.455. The van der Waals surface area contributed by atoms with E-state index < -0.39 is 0 Å². The maximum absolute atomic E-state index is 12.7. The zero-order chi connectivity index (χ0) is 9.97. The lowest BCUT2D eigenvalue weighted by Crippen LogP contribution is -2.06. The van der Waals surface area contributed by atoms with Crippen molar-refractivity contribution in [2.24, 2.45) is 0 Å². The highest BCUT2D eigenvalue weighted by Gasteiger charge is 2.26.